The zero-order chi connectivity index (χ0) is 21.7. The van der Waals surface area contributed by atoms with Crippen LogP contribution in [0.15, 0.2) is 36.9 Å². The maximum atomic E-state index is 14.6. The highest BCUT2D eigenvalue weighted by Crippen LogP contribution is 2.25. The van der Waals surface area contributed by atoms with Crippen molar-refractivity contribution in [2.45, 2.75) is 26.3 Å². The number of carbonyl (C=O) groups excluding carboxylic acids is 1. The molecule has 1 atom stereocenters. The van der Waals surface area contributed by atoms with Crippen LogP contribution in [0.25, 0.3) is 5.69 Å². The molecule has 3 aromatic heterocycles. The molecule has 30 heavy (non-hydrogen) atoms. The second-order valence-corrected chi connectivity index (χ2v) is 7.16. The van der Waals surface area contributed by atoms with Crippen LogP contribution in [-0.4, -0.2) is 43.5 Å². The van der Waals surface area contributed by atoms with Gasteiger partial charge >= 0.3 is 0 Å². The largest absolute Gasteiger partial charge is 0.365 e. The first-order valence-electron chi connectivity index (χ1n) is 9.43. The monoisotopic (exact) mass is 413 g/mol. The molecule has 0 spiro atoms. The van der Waals surface area contributed by atoms with Gasteiger partial charge in [-0.3, -0.25) is 9.78 Å². The van der Waals surface area contributed by atoms with Gasteiger partial charge in [0.05, 0.1) is 36.0 Å². The molecule has 1 amide bonds. The molecule has 1 unspecified atom stereocenters. The molecule has 3 aromatic rings. The van der Waals surface area contributed by atoms with Crippen molar-refractivity contribution >= 4 is 23.2 Å². The summed E-state index contributed by atoms with van der Waals surface area (Å²) in [6.45, 7) is 4.40. The summed E-state index contributed by atoms with van der Waals surface area (Å²) in [6, 6.07) is 2.59. The summed E-state index contributed by atoms with van der Waals surface area (Å²) in [7, 11) is 0. The van der Waals surface area contributed by atoms with E-state index >= 15 is 0 Å². The second kappa shape index (κ2) is 9.27. The van der Waals surface area contributed by atoms with Gasteiger partial charge in [-0.2, -0.15) is 10.2 Å². The second-order valence-electron chi connectivity index (χ2n) is 7.16. The number of carbonyl (C=O) groups is 1. The Morgan fingerprint density at radius 1 is 1.20 bits per heavy atom. The molecule has 3 rings (SSSR count). The summed E-state index contributed by atoms with van der Waals surface area (Å²) in [6.07, 6.45) is 6.91. The van der Waals surface area contributed by atoms with Crippen LogP contribution in [0.1, 0.15) is 30.6 Å². The van der Waals surface area contributed by atoms with Crippen molar-refractivity contribution in [1.82, 2.24) is 25.0 Å². The van der Waals surface area contributed by atoms with Crippen molar-refractivity contribution in [3.05, 3.63) is 48.3 Å². The Morgan fingerprint density at radius 2 is 1.93 bits per heavy atom. The molecule has 158 valence electrons. The highest BCUT2D eigenvalue weighted by molar-refractivity contribution is 5.98. The van der Waals surface area contributed by atoms with E-state index in [1.54, 1.807) is 12.3 Å². The van der Waals surface area contributed by atoms with E-state index in [-0.39, 0.29) is 23.2 Å². The predicted molar refractivity (Wildman–Crippen MR) is 111 cm³/mol. The van der Waals surface area contributed by atoms with E-state index in [4.69, 9.17) is 11.5 Å². The van der Waals surface area contributed by atoms with Crippen molar-refractivity contribution in [2.75, 3.05) is 17.2 Å². The first-order valence-corrected chi connectivity index (χ1v) is 9.43. The number of pyridine rings is 2. The minimum Gasteiger partial charge on any atom is -0.365 e. The number of nitrogens with two attached hydrogens (primary N) is 2. The fraction of sp³-hybridized carbons (Fsp3) is 0.316. The molecule has 0 aliphatic carbocycles. The lowest BCUT2D eigenvalue weighted by atomic mass is 10.0. The standard InChI is InChI=1S/C19H24FN9O/c1-11(2)5-12(8-21)26-19-16(20)7-15(17(22)30)18(28-19)27-13-6-14(10-23-9-13)29-24-3-4-25-29/h3-4,6-7,9-12H,5,8,21H2,1-2H3,(H2,22,30)(H2,26,27,28). The molecule has 6 N–H and O–H groups in total. The van der Waals surface area contributed by atoms with E-state index < -0.39 is 11.7 Å². The molecule has 0 fully saturated rings. The van der Waals surface area contributed by atoms with Gasteiger partial charge in [0, 0.05) is 12.6 Å². The average Bonchev–Trinajstić information content (AvgIpc) is 3.24. The molecular weight excluding hydrogens is 389 g/mol. The van der Waals surface area contributed by atoms with E-state index in [0.29, 0.717) is 23.8 Å². The van der Waals surface area contributed by atoms with Crippen molar-refractivity contribution in [3.8, 4) is 5.69 Å². The molecule has 0 saturated carbocycles. The number of hydrogen-bond donors (Lipinski definition) is 4. The lowest BCUT2D eigenvalue weighted by molar-refractivity contribution is 0.100. The first kappa shape index (κ1) is 21.1. The van der Waals surface area contributed by atoms with Gasteiger partial charge in [0.25, 0.3) is 5.91 Å². The van der Waals surface area contributed by atoms with Crippen molar-refractivity contribution < 1.29 is 9.18 Å². The topological polar surface area (TPSA) is 150 Å². The summed E-state index contributed by atoms with van der Waals surface area (Å²) in [5.74, 6) is -1.06. The number of aromatic nitrogens is 5. The zero-order valence-electron chi connectivity index (χ0n) is 16.7. The number of nitrogens with zero attached hydrogens (tertiary/aromatic N) is 5. The summed E-state index contributed by atoms with van der Waals surface area (Å²) in [5.41, 5.74) is 12.2. The molecular formula is C19H24FN9O. The Kier molecular flexibility index (Phi) is 6.52. The van der Waals surface area contributed by atoms with Crippen LogP contribution in [0.4, 0.5) is 21.7 Å². The maximum Gasteiger partial charge on any atom is 0.252 e. The lowest BCUT2D eigenvalue weighted by Crippen LogP contribution is -2.31. The number of nitrogens with one attached hydrogen (secondary N) is 2. The van der Waals surface area contributed by atoms with Gasteiger partial charge in [-0.15, -0.1) is 4.80 Å². The van der Waals surface area contributed by atoms with Gasteiger partial charge in [-0.05, 0) is 24.5 Å². The highest BCUT2D eigenvalue weighted by atomic mass is 19.1. The molecule has 0 aliphatic rings. The van der Waals surface area contributed by atoms with Crippen LogP contribution < -0.4 is 22.1 Å². The third-order valence-electron chi connectivity index (χ3n) is 4.26. The first-order chi connectivity index (χ1) is 14.4. The van der Waals surface area contributed by atoms with Crippen LogP contribution in [-0.2, 0) is 0 Å². The van der Waals surface area contributed by atoms with Gasteiger partial charge in [0.15, 0.2) is 11.6 Å². The van der Waals surface area contributed by atoms with E-state index in [1.807, 2.05) is 13.8 Å². The number of amides is 1. The van der Waals surface area contributed by atoms with E-state index in [2.05, 4.69) is 30.8 Å². The van der Waals surface area contributed by atoms with E-state index in [1.165, 1.54) is 23.4 Å². The Balaban J connectivity index is 1.93. The molecule has 0 aliphatic heterocycles. The Labute approximate surface area is 172 Å². The summed E-state index contributed by atoms with van der Waals surface area (Å²) >= 11 is 0. The Bertz CT molecular complexity index is 1010. The number of hydrogen-bond acceptors (Lipinski definition) is 8. The molecule has 11 heteroatoms. The predicted octanol–water partition coefficient (Wildman–Crippen LogP) is 1.82. The van der Waals surface area contributed by atoms with Gasteiger partial charge in [0.1, 0.15) is 11.5 Å². The summed E-state index contributed by atoms with van der Waals surface area (Å²) in [5, 5.41) is 14.1. The van der Waals surface area contributed by atoms with Crippen molar-refractivity contribution in [3.63, 3.8) is 0 Å². The fourth-order valence-corrected chi connectivity index (χ4v) is 2.94. The number of primary amides is 1. The summed E-state index contributed by atoms with van der Waals surface area (Å²) in [4.78, 5) is 21.6. The van der Waals surface area contributed by atoms with Gasteiger partial charge in [0.2, 0.25) is 0 Å². The average molecular weight is 413 g/mol. The van der Waals surface area contributed by atoms with E-state index in [0.717, 1.165) is 12.5 Å². The third-order valence-corrected chi connectivity index (χ3v) is 4.26. The number of anilines is 3. The SMILES string of the molecule is CC(C)CC(CN)Nc1nc(Nc2cncc(-n3nccn3)c2)c(C(N)=O)cc1F. The molecule has 0 bridgehead atoms. The fourth-order valence-electron chi connectivity index (χ4n) is 2.94. The molecule has 0 radical (unpaired) electrons. The van der Waals surface area contributed by atoms with Crippen LogP contribution >= 0.6 is 0 Å². The minimum atomic E-state index is -0.814. The lowest BCUT2D eigenvalue weighted by Gasteiger charge is -2.21. The van der Waals surface area contributed by atoms with Crippen LogP contribution in [0.5, 0.6) is 0 Å². The third kappa shape index (κ3) is 5.06. The molecule has 0 saturated heterocycles. The zero-order valence-corrected chi connectivity index (χ0v) is 16.7. The molecule has 3 heterocycles. The Morgan fingerprint density at radius 3 is 2.57 bits per heavy atom. The molecule has 10 nitrogen and oxygen atoms in total. The van der Waals surface area contributed by atoms with Gasteiger partial charge in [-0.25, -0.2) is 9.37 Å². The van der Waals surface area contributed by atoms with Crippen LogP contribution in [0, 0.1) is 11.7 Å². The van der Waals surface area contributed by atoms with Gasteiger partial charge < -0.3 is 22.1 Å². The summed E-state index contributed by atoms with van der Waals surface area (Å²) < 4.78 is 14.6. The van der Waals surface area contributed by atoms with Crippen LogP contribution in [0.2, 0.25) is 0 Å². The number of halogens is 1. The minimum absolute atomic E-state index is 0.0172. The highest BCUT2D eigenvalue weighted by Gasteiger charge is 2.19. The Hall–Kier alpha value is -3.60. The van der Waals surface area contributed by atoms with Gasteiger partial charge in [-0.1, -0.05) is 13.8 Å². The van der Waals surface area contributed by atoms with Crippen molar-refractivity contribution in [1.29, 1.82) is 0 Å². The smallest absolute Gasteiger partial charge is 0.252 e. The van der Waals surface area contributed by atoms with Crippen LogP contribution in [0.3, 0.4) is 0 Å². The van der Waals surface area contributed by atoms with E-state index in [9.17, 15) is 9.18 Å². The quantitative estimate of drug-likeness (QED) is 0.415. The molecule has 0 aromatic carbocycles. The van der Waals surface area contributed by atoms with Crippen molar-refractivity contribution in [2.24, 2.45) is 17.4 Å². The normalized spacial score (nSPS) is 12.0. The maximum absolute atomic E-state index is 14.6. The number of rotatable bonds is 9.